The zero-order valence-corrected chi connectivity index (χ0v) is 15.2. The quantitative estimate of drug-likeness (QED) is 0.862. The van der Waals surface area contributed by atoms with Crippen molar-refractivity contribution in [1.82, 2.24) is 9.71 Å². The molecule has 0 saturated carbocycles. The van der Waals surface area contributed by atoms with E-state index in [0.29, 0.717) is 11.6 Å². The number of nitrogens with one attached hydrogen (secondary N) is 1. The molecular formula is C16H21ClN4O2S. The number of pyridine rings is 1. The number of sulfonamides is 1. The summed E-state index contributed by atoms with van der Waals surface area (Å²) in [6.07, 6.45) is 3.65. The maximum atomic E-state index is 11.5. The van der Waals surface area contributed by atoms with Crippen molar-refractivity contribution in [3.63, 3.8) is 0 Å². The average molecular weight is 369 g/mol. The van der Waals surface area contributed by atoms with Crippen LogP contribution in [0.2, 0.25) is 5.02 Å². The van der Waals surface area contributed by atoms with Crippen LogP contribution in [-0.4, -0.2) is 38.8 Å². The summed E-state index contributed by atoms with van der Waals surface area (Å²) in [5, 5.41) is 1.50. The summed E-state index contributed by atoms with van der Waals surface area (Å²) in [7, 11) is -3.23. The molecule has 24 heavy (non-hydrogen) atoms. The van der Waals surface area contributed by atoms with E-state index in [-0.39, 0.29) is 12.1 Å². The zero-order valence-electron chi connectivity index (χ0n) is 13.7. The van der Waals surface area contributed by atoms with Gasteiger partial charge in [0.15, 0.2) is 0 Å². The largest absolute Gasteiger partial charge is 0.368 e. The van der Waals surface area contributed by atoms with Crippen LogP contribution in [0.25, 0.3) is 10.9 Å². The Bertz CT molecular complexity index is 870. The number of nitrogens with two attached hydrogens (primary N) is 1. The van der Waals surface area contributed by atoms with Crippen molar-refractivity contribution in [3.05, 3.63) is 35.0 Å². The second kappa shape index (κ2) is 6.48. The van der Waals surface area contributed by atoms with Crippen molar-refractivity contribution < 1.29 is 8.42 Å². The molecule has 0 bridgehead atoms. The summed E-state index contributed by atoms with van der Waals surface area (Å²) in [6, 6.07) is 5.35. The SMILES string of the molecule is CC(N)c1cc(Cl)c2cccnc2c1N1CC[C@H](NS(C)(=O)=O)C1. The fraction of sp³-hybridized carbons (Fsp3) is 0.438. The molecule has 0 amide bonds. The van der Waals surface area contributed by atoms with Crippen molar-refractivity contribution >= 4 is 38.2 Å². The Morgan fingerprint density at radius 1 is 1.50 bits per heavy atom. The van der Waals surface area contributed by atoms with Gasteiger partial charge in [-0.05, 0) is 37.1 Å². The molecular weight excluding hydrogens is 348 g/mol. The van der Waals surface area contributed by atoms with Crippen LogP contribution in [0.4, 0.5) is 5.69 Å². The minimum Gasteiger partial charge on any atom is -0.368 e. The highest BCUT2D eigenvalue weighted by atomic mass is 35.5. The van der Waals surface area contributed by atoms with Gasteiger partial charge in [0.05, 0.1) is 22.5 Å². The van der Waals surface area contributed by atoms with E-state index in [4.69, 9.17) is 17.3 Å². The van der Waals surface area contributed by atoms with Crippen molar-refractivity contribution in [3.8, 4) is 0 Å². The van der Waals surface area contributed by atoms with Crippen LogP contribution in [0.1, 0.15) is 24.9 Å². The first-order valence-corrected chi connectivity index (χ1v) is 10.1. The van der Waals surface area contributed by atoms with E-state index in [0.717, 1.165) is 35.1 Å². The molecule has 8 heteroatoms. The third-order valence-electron chi connectivity index (χ3n) is 4.22. The molecule has 6 nitrogen and oxygen atoms in total. The normalized spacial score (nSPS) is 19.8. The van der Waals surface area contributed by atoms with Crippen LogP contribution in [0.15, 0.2) is 24.4 Å². The van der Waals surface area contributed by atoms with E-state index in [1.54, 1.807) is 6.20 Å². The molecule has 3 N–H and O–H groups in total. The summed E-state index contributed by atoms with van der Waals surface area (Å²) in [4.78, 5) is 6.65. The standard InChI is InChI=1S/C16H21ClN4O2S/c1-10(18)13-8-14(17)12-4-3-6-19-15(12)16(13)21-7-5-11(9-21)20-24(2,22)23/h3-4,6,8,10-11,20H,5,7,9,18H2,1-2H3/t10?,11-/m0/s1. The van der Waals surface area contributed by atoms with Gasteiger partial charge >= 0.3 is 0 Å². The molecule has 2 aromatic rings. The predicted octanol–water partition coefficient (Wildman–Crippen LogP) is 2.04. The Kier molecular flexibility index (Phi) is 4.70. The monoisotopic (exact) mass is 368 g/mol. The van der Waals surface area contributed by atoms with Crippen LogP contribution in [0.5, 0.6) is 0 Å². The lowest BCUT2D eigenvalue weighted by molar-refractivity contribution is 0.567. The van der Waals surface area contributed by atoms with E-state index in [2.05, 4.69) is 14.6 Å². The molecule has 1 aromatic carbocycles. The molecule has 2 atom stereocenters. The Labute approximate surface area is 147 Å². The Hall–Kier alpha value is -1.41. The van der Waals surface area contributed by atoms with Gasteiger partial charge in [0, 0.05) is 36.8 Å². The van der Waals surface area contributed by atoms with Gasteiger partial charge in [-0.3, -0.25) is 4.98 Å². The van der Waals surface area contributed by atoms with Gasteiger partial charge in [-0.1, -0.05) is 11.6 Å². The van der Waals surface area contributed by atoms with Crippen molar-refractivity contribution in [2.45, 2.75) is 25.4 Å². The lowest BCUT2D eigenvalue weighted by Crippen LogP contribution is -2.36. The maximum absolute atomic E-state index is 11.5. The van der Waals surface area contributed by atoms with Gasteiger partial charge in [0.25, 0.3) is 0 Å². The van der Waals surface area contributed by atoms with E-state index in [1.807, 2.05) is 25.1 Å². The number of nitrogens with zero attached hydrogens (tertiary/aromatic N) is 2. The van der Waals surface area contributed by atoms with Gasteiger partial charge in [0.2, 0.25) is 10.0 Å². The van der Waals surface area contributed by atoms with Gasteiger partial charge in [-0.25, -0.2) is 13.1 Å². The third kappa shape index (κ3) is 3.49. The van der Waals surface area contributed by atoms with Crippen LogP contribution in [0, 0.1) is 0 Å². The fourth-order valence-electron chi connectivity index (χ4n) is 3.25. The fourth-order valence-corrected chi connectivity index (χ4v) is 4.32. The van der Waals surface area contributed by atoms with Crippen molar-refractivity contribution in [2.24, 2.45) is 5.73 Å². The Balaban J connectivity index is 2.06. The molecule has 1 aliphatic heterocycles. The molecule has 1 unspecified atom stereocenters. The number of hydrogen-bond donors (Lipinski definition) is 2. The summed E-state index contributed by atoms with van der Waals surface area (Å²) in [5.41, 5.74) is 8.83. The molecule has 0 aliphatic carbocycles. The van der Waals surface area contributed by atoms with Crippen LogP contribution in [-0.2, 0) is 10.0 Å². The number of halogens is 1. The van der Waals surface area contributed by atoms with E-state index in [9.17, 15) is 8.42 Å². The second-order valence-corrected chi connectivity index (χ2v) is 8.49. The average Bonchev–Trinajstić information content (AvgIpc) is 2.93. The highest BCUT2D eigenvalue weighted by molar-refractivity contribution is 7.88. The summed E-state index contributed by atoms with van der Waals surface area (Å²) in [5.74, 6) is 0. The van der Waals surface area contributed by atoms with Crippen LogP contribution >= 0.6 is 11.6 Å². The molecule has 1 aliphatic rings. The van der Waals surface area contributed by atoms with Crippen molar-refractivity contribution in [2.75, 3.05) is 24.2 Å². The van der Waals surface area contributed by atoms with E-state index in [1.165, 1.54) is 6.26 Å². The molecule has 0 spiro atoms. The Morgan fingerprint density at radius 2 is 2.25 bits per heavy atom. The highest BCUT2D eigenvalue weighted by Crippen LogP contribution is 2.38. The molecule has 1 fully saturated rings. The number of rotatable bonds is 4. The number of fused-ring (bicyclic) bond motifs is 1. The Morgan fingerprint density at radius 3 is 2.92 bits per heavy atom. The van der Waals surface area contributed by atoms with Gasteiger partial charge in [-0.2, -0.15) is 0 Å². The topological polar surface area (TPSA) is 88.3 Å². The molecule has 2 heterocycles. The van der Waals surface area contributed by atoms with Crippen molar-refractivity contribution in [1.29, 1.82) is 0 Å². The van der Waals surface area contributed by atoms with Gasteiger partial charge < -0.3 is 10.6 Å². The third-order valence-corrected chi connectivity index (χ3v) is 5.29. The first-order valence-electron chi connectivity index (χ1n) is 7.81. The highest BCUT2D eigenvalue weighted by Gasteiger charge is 2.29. The first kappa shape index (κ1) is 17.4. The summed E-state index contributed by atoms with van der Waals surface area (Å²) < 4.78 is 25.6. The van der Waals surface area contributed by atoms with Gasteiger partial charge in [0.1, 0.15) is 0 Å². The van der Waals surface area contributed by atoms with Crippen LogP contribution < -0.4 is 15.4 Å². The van der Waals surface area contributed by atoms with E-state index >= 15 is 0 Å². The second-order valence-electron chi connectivity index (χ2n) is 6.31. The molecule has 1 aromatic heterocycles. The lowest BCUT2D eigenvalue weighted by atomic mass is 10.0. The first-order chi connectivity index (χ1) is 11.3. The number of benzene rings is 1. The zero-order chi connectivity index (χ0) is 17.5. The number of hydrogen-bond acceptors (Lipinski definition) is 5. The predicted molar refractivity (Wildman–Crippen MR) is 98.0 cm³/mol. The van der Waals surface area contributed by atoms with E-state index < -0.39 is 10.0 Å². The molecule has 0 radical (unpaired) electrons. The summed E-state index contributed by atoms with van der Waals surface area (Å²) >= 11 is 6.39. The summed E-state index contributed by atoms with van der Waals surface area (Å²) in [6.45, 7) is 3.23. The molecule has 3 rings (SSSR count). The molecule has 1 saturated heterocycles. The number of aromatic nitrogens is 1. The maximum Gasteiger partial charge on any atom is 0.209 e. The number of anilines is 1. The lowest BCUT2D eigenvalue weighted by Gasteiger charge is -2.25. The minimum absolute atomic E-state index is 0.115. The smallest absolute Gasteiger partial charge is 0.209 e. The minimum atomic E-state index is -3.23. The molecule has 130 valence electrons. The van der Waals surface area contributed by atoms with Crippen LogP contribution in [0.3, 0.4) is 0 Å². The van der Waals surface area contributed by atoms with Gasteiger partial charge in [-0.15, -0.1) is 0 Å².